The van der Waals surface area contributed by atoms with E-state index in [1.165, 1.54) is 0 Å². The smallest absolute Gasteiger partial charge is 0.224 e. The van der Waals surface area contributed by atoms with Gasteiger partial charge in [0.2, 0.25) is 5.91 Å². The van der Waals surface area contributed by atoms with Gasteiger partial charge in [0.25, 0.3) is 0 Å². The maximum Gasteiger partial charge on any atom is 0.224 e. The summed E-state index contributed by atoms with van der Waals surface area (Å²) < 4.78 is 0. The van der Waals surface area contributed by atoms with Crippen LogP contribution in [0.3, 0.4) is 0 Å². The molecule has 0 bridgehead atoms. The highest BCUT2D eigenvalue weighted by Crippen LogP contribution is 2.18. The Morgan fingerprint density at radius 2 is 2.14 bits per heavy atom. The standard InChI is InChI=1S/C9H10N4O/c1-5(9(10)14)6-2-3-7-8(4-6)12-13-11-7/h2-5H,1H3,(H2,10,14)(H,11,12,13). The molecule has 1 atom stereocenters. The zero-order valence-corrected chi connectivity index (χ0v) is 7.69. The molecule has 3 N–H and O–H groups in total. The van der Waals surface area contributed by atoms with Crippen LogP contribution in [-0.2, 0) is 4.79 Å². The summed E-state index contributed by atoms with van der Waals surface area (Å²) in [5, 5.41) is 10.4. The number of carbonyl (C=O) groups is 1. The van der Waals surface area contributed by atoms with E-state index in [2.05, 4.69) is 15.4 Å². The van der Waals surface area contributed by atoms with Crippen molar-refractivity contribution in [2.45, 2.75) is 12.8 Å². The number of nitrogens with zero attached hydrogens (tertiary/aromatic N) is 2. The lowest BCUT2D eigenvalue weighted by molar-refractivity contribution is -0.119. The Kier molecular flexibility index (Phi) is 1.92. The summed E-state index contributed by atoms with van der Waals surface area (Å²) in [7, 11) is 0. The van der Waals surface area contributed by atoms with Crippen molar-refractivity contribution in [3.63, 3.8) is 0 Å². The molecule has 0 radical (unpaired) electrons. The molecule has 1 amide bonds. The van der Waals surface area contributed by atoms with Gasteiger partial charge in [-0.2, -0.15) is 15.4 Å². The second-order valence-corrected chi connectivity index (χ2v) is 3.20. The minimum Gasteiger partial charge on any atom is -0.369 e. The molecule has 0 aliphatic heterocycles. The van der Waals surface area contributed by atoms with E-state index in [9.17, 15) is 4.79 Å². The number of H-pyrrole nitrogens is 1. The first kappa shape index (κ1) is 8.68. The molecule has 0 aliphatic rings. The minimum atomic E-state index is -0.340. The van der Waals surface area contributed by atoms with E-state index in [0.717, 1.165) is 16.6 Å². The number of nitrogens with one attached hydrogen (secondary N) is 1. The predicted octanol–water partition coefficient (Wildman–Crippen LogP) is 0.547. The van der Waals surface area contributed by atoms with Crippen LogP contribution in [0.15, 0.2) is 18.2 Å². The maximum absolute atomic E-state index is 11.0. The average molecular weight is 190 g/mol. The number of hydrogen-bond donors (Lipinski definition) is 2. The quantitative estimate of drug-likeness (QED) is 0.725. The monoisotopic (exact) mass is 190 g/mol. The van der Waals surface area contributed by atoms with E-state index in [4.69, 9.17) is 5.73 Å². The summed E-state index contributed by atoms with van der Waals surface area (Å²) in [4.78, 5) is 11.0. The van der Waals surface area contributed by atoms with Crippen LogP contribution in [0.2, 0.25) is 0 Å². The molecule has 1 aromatic heterocycles. The maximum atomic E-state index is 11.0. The van der Waals surface area contributed by atoms with E-state index in [-0.39, 0.29) is 11.8 Å². The third-order valence-electron chi connectivity index (χ3n) is 2.27. The van der Waals surface area contributed by atoms with Crippen LogP contribution in [0, 0.1) is 0 Å². The van der Waals surface area contributed by atoms with Gasteiger partial charge in [-0.3, -0.25) is 4.79 Å². The Hall–Kier alpha value is -1.91. The highest BCUT2D eigenvalue weighted by molar-refractivity contribution is 5.83. The van der Waals surface area contributed by atoms with Crippen molar-refractivity contribution in [2.75, 3.05) is 0 Å². The first-order valence-corrected chi connectivity index (χ1v) is 4.28. The molecule has 0 saturated heterocycles. The molecular weight excluding hydrogens is 180 g/mol. The average Bonchev–Trinajstić information content (AvgIpc) is 2.62. The second kappa shape index (κ2) is 3.10. The molecule has 5 nitrogen and oxygen atoms in total. The van der Waals surface area contributed by atoms with Crippen LogP contribution in [0.4, 0.5) is 0 Å². The van der Waals surface area contributed by atoms with Gasteiger partial charge in [-0.1, -0.05) is 6.07 Å². The summed E-state index contributed by atoms with van der Waals surface area (Å²) in [6.07, 6.45) is 0. The number of primary amides is 1. The fraction of sp³-hybridized carbons (Fsp3) is 0.222. The van der Waals surface area contributed by atoms with Crippen LogP contribution in [0.25, 0.3) is 11.0 Å². The van der Waals surface area contributed by atoms with Gasteiger partial charge >= 0.3 is 0 Å². The van der Waals surface area contributed by atoms with Gasteiger partial charge in [0.1, 0.15) is 11.0 Å². The first-order valence-electron chi connectivity index (χ1n) is 4.28. The SMILES string of the molecule is CC(C(N)=O)c1ccc2n[nH]nc2c1. The Labute approximate surface area is 80.3 Å². The van der Waals surface area contributed by atoms with Crippen LogP contribution in [0.1, 0.15) is 18.4 Å². The summed E-state index contributed by atoms with van der Waals surface area (Å²) in [6.45, 7) is 1.77. The van der Waals surface area contributed by atoms with Crippen molar-refractivity contribution < 1.29 is 4.79 Å². The molecule has 14 heavy (non-hydrogen) atoms. The number of rotatable bonds is 2. The number of aromatic amines is 1. The molecule has 0 fully saturated rings. The summed E-state index contributed by atoms with van der Waals surface area (Å²) in [6, 6.07) is 5.46. The molecule has 1 unspecified atom stereocenters. The lowest BCUT2D eigenvalue weighted by Gasteiger charge is -2.05. The number of hydrogen-bond acceptors (Lipinski definition) is 3. The number of benzene rings is 1. The van der Waals surface area contributed by atoms with Gasteiger partial charge in [0.15, 0.2) is 0 Å². The topological polar surface area (TPSA) is 84.7 Å². The molecule has 5 heteroatoms. The third kappa shape index (κ3) is 1.32. The van der Waals surface area contributed by atoms with Gasteiger partial charge in [0.05, 0.1) is 5.92 Å². The van der Waals surface area contributed by atoms with Crippen molar-refractivity contribution in [3.05, 3.63) is 23.8 Å². The van der Waals surface area contributed by atoms with E-state index < -0.39 is 0 Å². The van der Waals surface area contributed by atoms with Gasteiger partial charge < -0.3 is 5.73 Å². The van der Waals surface area contributed by atoms with E-state index >= 15 is 0 Å². The van der Waals surface area contributed by atoms with Crippen molar-refractivity contribution in [2.24, 2.45) is 5.73 Å². The fourth-order valence-corrected chi connectivity index (χ4v) is 1.29. The molecule has 1 aromatic carbocycles. The van der Waals surface area contributed by atoms with E-state index in [1.807, 2.05) is 18.2 Å². The van der Waals surface area contributed by atoms with Crippen molar-refractivity contribution in [1.82, 2.24) is 15.4 Å². The highest BCUT2D eigenvalue weighted by atomic mass is 16.1. The van der Waals surface area contributed by atoms with Gasteiger partial charge in [-0.25, -0.2) is 0 Å². The molecule has 1 heterocycles. The Bertz CT molecular complexity index is 476. The molecule has 0 spiro atoms. The van der Waals surface area contributed by atoms with Crippen molar-refractivity contribution in [1.29, 1.82) is 0 Å². The van der Waals surface area contributed by atoms with Gasteiger partial charge in [0, 0.05) is 0 Å². The zero-order valence-electron chi connectivity index (χ0n) is 7.69. The predicted molar refractivity (Wildman–Crippen MR) is 51.5 cm³/mol. The second-order valence-electron chi connectivity index (χ2n) is 3.20. The van der Waals surface area contributed by atoms with Crippen LogP contribution >= 0.6 is 0 Å². The minimum absolute atomic E-state index is 0.295. The lowest BCUT2D eigenvalue weighted by atomic mass is 10.0. The van der Waals surface area contributed by atoms with Crippen LogP contribution in [0.5, 0.6) is 0 Å². The van der Waals surface area contributed by atoms with Crippen LogP contribution < -0.4 is 5.73 Å². The van der Waals surface area contributed by atoms with Gasteiger partial charge in [-0.05, 0) is 24.6 Å². The molecular formula is C9H10N4O. The van der Waals surface area contributed by atoms with E-state index in [1.54, 1.807) is 6.92 Å². The van der Waals surface area contributed by atoms with Crippen molar-refractivity contribution in [3.8, 4) is 0 Å². The lowest BCUT2D eigenvalue weighted by Crippen LogP contribution is -2.18. The Morgan fingerprint density at radius 3 is 2.86 bits per heavy atom. The third-order valence-corrected chi connectivity index (χ3v) is 2.27. The number of fused-ring (bicyclic) bond motifs is 1. The first-order chi connectivity index (χ1) is 6.68. The highest BCUT2D eigenvalue weighted by Gasteiger charge is 2.12. The van der Waals surface area contributed by atoms with Crippen molar-refractivity contribution >= 4 is 16.9 Å². The molecule has 2 rings (SSSR count). The van der Waals surface area contributed by atoms with Gasteiger partial charge in [-0.15, -0.1) is 0 Å². The molecule has 0 saturated carbocycles. The largest absolute Gasteiger partial charge is 0.369 e. The number of aromatic nitrogens is 3. The fourth-order valence-electron chi connectivity index (χ4n) is 1.29. The molecule has 0 aliphatic carbocycles. The normalized spacial score (nSPS) is 12.9. The summed E-state index contributed by atoms with van der Waals surface area (Å²) in [5.74, 6) is -0.635. The number of carbonyl (C=O) groups excluding carboxylic acids is 1. The summed E-state index contributed by atoms with van der Waals surface area (Å²) >= 11 is 0. The molecule has 2 aromatic rings. The Morgan fingerprint density at radius 1 is 1.43 bits per heavy atom. The number of amides is 1. The number of nitrogens with two attached hydrogens (primary N) is 1. The molecule has 72 valence electrons. The van der Waals surface area contributed by atoms with E-state index in [0.29, 0.717) is 0 Å². The Balaban J connectivity index is 2.48. The zero-order chi connectivity index (χ0) is 10.1. The summed E-state index contributed by atoms with van der Waals surface area (Å²) in [5.41, 5.74) is 7.59. The van der Waals surface area contributed by atoms with Crippen LogP contribution in [-0.4, -0.2) is 21.3 Å².